The van der Waals surface area contributed by atoms with Crippen LogP contribution >= 0.6 is 0 Å². The molecule has 3 aromatic carbocycles. The zero-order valence-corrected chi connectivity index (χ0v) is 13.0. The molecule has 0 heterocycles. The van der Waals surface area contributed by atoms with E-state index >= 15 is 0 Å². The van der Waals surface area contributed by atoms with E-state index in [0.717, 1.165) is 18.4 Å². The van der Waals surface area contributed by atoms with E-state index in [9.17, 15) is 4.79 Å². The fourth-order valence-corrected chi connectivity index (χ4v) is 3.49. The summed E-state index contributed by atoms with van der Waals surface area (Å²) < 4.78 is 0. The van der Waals surface area contributed by atoms with Crippen molar-refractivity contribution in [3.05, 3.63) is 83.4 Å². The van der Waals surface area contributed by atoms with Gasteiger partial charge in [-0.1, -0.05) is 66.7 Å². The number of hydrogen-bond donors (Lipinski definition) is 1. The molecule has 2 nitrogen and oxygen atoms in total. The normalized spacial score (nSPS) is 16.3. The number of nitrogens with one attached hydrogen (secondary N) is 1. The molecule has 0 bridgehead atoms. The number of amides is 1. The molecule has 0 fully saturated rings. The second kappa shape index (κ2) is 5.88. The summed E-state index contributed by atoms with van der Waals surface area (Å²) in [5.41, 5.74) is 3.70. The van der Waals surface area contributed by atoms with Gasteiger partial charge in [-0.05, 0) is 40.3 Å². The van der Waals surface area contributed by atoms with Gasteiger partial charge in [0.2, 0.25) is 5.91 Å². The number of hydrogen-bond acceptors (Lipinski definition) is 1. The third kappa shape index (κ3) is 2.85. The van der Waals surface area contributed by atoms with Gasteiger partial charge in [0.15, 0.2) is 0 Å². The minimum absolute atomic E-state index is 0.0991. The predicted molar refractivity (Wildman–Crippen MR) is 93.3 cm³/mol. The highest BCUT2D eigenvalue weighted by Crippen LogP contribution is 2.30. The summed E-state index contributed by atoms with van der Waals surface area (Å²) >= 11 is 0. The average molecular weight is 301 g/mol. The van der Waals surface area contributed by atoms with Crippen LogP contribution in [0.5, 0.6) is 0 Å². The zero-order valence-electron chi connectivity index (χ0n) is 13.0. The van der Waals surface area contributed by atoms with Gasteiger partial charge >= 0.3 is 0 Å². The molecule has 1 amide bonds. The highest BCUT2D eigenvalue weighted by Gasteiger charge is 2.23. The number of fused-ring (bicyclic) bond motifs is 2. The van der Waals surface area contributed by atoms with E-state index in [-0.39, 0.29) is 11.9 Å². The number of carbonyl (C=O) groups excluding carboxylic acids is 1. The molecule has 4 rings (SSSR count). The number of carbonyl (C=O) groups is 1. The lowest BCUT2D eigenvalue weighted by atomic mass is 10.0. The Hall–Kier alpha value is -2.61. The molecule has 1 aliphatic carbocycles. The van der Waals surface area contributed by atoms with Crippen molar-refractivity contribution in [3.63, 3.8) is 0 Å². The van der Waals surface area contributed by atoms with E-state index in [2.05, 4.69) is 47.8 Å². The van der Waals surface area contributed by atoms with Crippen LogP contribution in [0.15, 0.2) is 66.7 Å². The van der Waals surface area contributed by atoms with Crippen molar-refractivity contribution < 1.29 is 4.79 Å². The van der Waals surface area contributed by atoms with Gasteiger partial charge < -0.3 is 5.32 Å². The van der Waals surface area contributed by atoms with Crippen molar-refractivity contribution in [2.75, 3.05) is 0 Å². The Kier molecular flexibility index (Phi) is 3.58. The van der Waals surface area contributed by atoms with Gasteiger partial charge in [0.05, 0.1) is 12.5 Å². The van der Waals surface area contributed by atoms with Gasteiger partial charge in [0.25, 0.3) is 0 Å². The topological polar surface area (TPSA) is 29.1 Å². The lowest BCUT2D eigenvalue weighted by Gasteiger charge is -2.14. The molecule has 0 spiro atoms. The molecule has 0 radical (unpaired) electrons. The van der Waals surface area contributed by atoms with E-state index in [4.69, 9.17) is 0 Å². The van der Waals surface area contributed by atoms with Crippen molar-refractivity contribution in [2.24, 2.45) is 0 Å². The van der Waals surface area contributed by atoms with Gasteiger partial charge in [0.1, 0.15) is 0 Å². The van der Waals surface area contributed by atoms with E-state index < -0.39 is 0 Å². The highest BCUT2D eigenvalue weighted by atomic mass is 16.1. The standard InChI is InChI=1S/C21H19NO/c23-21(22-20-12-11-17-6-3-4-8-19(17)20)14-15-9-10-16-5-1-2-7-18(16)13-15/h1-10,13,20H,11-12,14H2,(H,22,23)/t20-/m0/s1. The van der Waals surface area contributed by atoms with Crippen LogP contribution in [0.2, 0.25) is 0 Å². The van der Waals surface area contributed by atoms with Crippen LogP contribution in [0.3, 0.4) is 0 Å². The molecule has 1 aliphatic rings. The van der Waals surface area contributed by atoms with Crippen molar-refractivity contribution in [1.29, 1.82) is 0 Å². The molecule has 114 valence electrons. The molecule has 0 saturated heterocycles. The second-order valence-corrected chi connectivity index (χ2v) is 6.22. The van der Waals surface area contributed by atoms with Crippen molar-refractivity contribution in [1.82, 2.24) is 5.32 Å². The van der Waals surface area contributed by atoms with E-state index in [1.807, 2.05) is 24.3 Å². The molecular formula is C21H19NO. The van der Waals surface area contributed by atoms with Gasteiger partial charge in [0, 0.05) is 0 Å². The Bertz CT molecular complexity index is 868. The summed E-state index contributed by atoms with van der Waals surface area (Å²) in [4.78, 5) is 12.4. The molecule has 0 saturated carbocycles. The van der Waals surface area contributed by atoms with Crippen molar-refractivity contribution >= 4 is 16.7 Å². The maximum absolute atomic E-state index is 12.4. The predicted octanol–water partition coefficient (Wildman–Crippen LogP) is 4.19. The molecule has 0 aromatic heterocycles. The number of rotatable bonds is 3. The molecule has 0 aliphatic heterocycles. The Morgan fingerprint density at radius 3 is 2.65 bits per heavy atom. The summed E-state index contributed by atoms with van der Waals surface area (Å²) in [6.07, 6.45) is 2.49. The van der Waals surface area contributed by atoms with Crippen molar-refractivity contribution in [2.45, 2.75) is 25.3 Å². The van der Waals surface area contributed by atoms with Crippen LogP contribution in [0.4, 0.5) is 0 Å². The first-order valence-electron chi connectivity index (χ1n) is 8.14. The Balaban J connectivity index is 1.47. The fourth-order valence-electron chi connectivity index (χ4n) is 3.49. The molecule has 1 atom stereocenters. The summed E-state index contributed by atoms with van der Waals surface area (Å²) in [6, 6.07) is 23.1. The van der Waals surface area contributed by atoms with Gasteiger partial charge in [-0.15, -0.1) is 0 Å². The SMILES string of the molecule is O=C(Cc1ccc2ccccc2c1)N[C@H]1CCc2ccccc21. The summed E-state index contributed by atoms with van der Waals surface area (Å²) in [7, 11) is 0. The van der Waals surface area contributed by atoms with Crippen LogP contribution in [-0.4, -0.2) is 5.91 Å². The highest BCUT2D eigenvalue weighted by molar-refractivity contribution is 5.85. The minimum Gasteiger partial charge on any atom is -0.349 e. The maximum atomic E-state index is 12.4. The average Bonchev–Trinajstić information content (AvgIpc) is 2.98. The molecule has 0 unspecified atom stereocenters. The van der Waals surface area contributed by atoms with Crippen LogP contribution in [0, 0.1) is 0 Å². The first kappa shape index (κ1) is 14.0. The zero-order chi connectivity index (χ0) is 15.6. The largest absolute Gasteiger partial charge is 0.349 e. The van der Waals surface area contributed by atoms with Gasteiger partial charge in [-0.2, -0.15) is 0 Å². The van der Waals surface area contributed by atoms with Gasteiger partial charge in [-0.3, -0.25) is 4.79 Å². The van der Waals surface area contributed by atoms with E-state index in [1.54, 1.807) is 0 Å². The second-order valence-electron chi connectivity index (χ2n) is 6.22. The lowest BCUT2D eigenvalue weighted by molar-refractivity contribution is -0.121. The lowest BCUT2D eigenvalue weighted by Crippen LogP contribution is -2.28. The first-order chi connectivity index (χ1) is 11.3. The van der Waals surface area contributed by atoms with Crippen LogP contribution in [0.25, 0.3) is 10.8 Å². The summed E-state index contributed by atoms with van der Waals surface area (Å²) in [5, 5.41) is 5.59. The third-order valence-corrected chi connectivity index (χ3v) is 4.65. The Labute approximate surface area is 136 Å². The molecule has 2 heteroatoms. The molecule has 3 aromatic rings. The third-order valence-electron chi connectivity index (χ3n) is 4.65. The number of benzene rings is 3. The molecular weight excluding hydrogens is 282 g/mol. The summed E-state index contributed by atoms with van der Waals surface area (Å²) in [5.74, 6) is 0.0991. The summed E-state index contributed by atoms with van der Waals surface area (Å²) in [6.45, 7) is 0. The van der Waals surface area contributed by atoms with Crippen LogP contribution in [-0.2, 0) is 17.6 Å². The van der Waals surface area contributed by atoms with Crippen LogP contribution in [0.1, 0.15) is 29.2 Å². The molecule has 23 heavy (non-hydrogen) atoms. The van der Waals surface area contributed by atoms with E-state index in [0.29, 0.717) is 6.42 Å². The monoisotopic (exact) mass is 301 g/mol. The quantitative estimate of drug-likeness (QED) is 0.772. The maximum Gasteiger partial charge on any atom is 0.224 e. The van der Waals surface area contributed by atoms with E-state index in [1.165, 1.54) is 21.9 Å². The fraction of sp³-hybridized carbons (Fsp3) is 0.190. The Morgan fingerprint density at radius 1 is 0.957 bits per heavy atom. The smallest absolute Gasteiger partial charge is 0.224 e. The Morgan fingerprint density at radius 2 is 1.74 bits per heavy atom. The molecule has 1 N–H and O–H groups in total. The minimum atomic E-state index is 0.0991. The van der Waals surface area contributed by atoms with Gasteiger partial charge in [-0.25, -0.2) is 0 Å². The van der Waals surface area contributed by atoms with Crippen molar-refractivity contribution in [3.8, 4) is 0 Å². The first-order valence-corrected chi connectivity index (χ1v) is 8.14. The number of aryl methyl sites for hydroxylation is 1. The van der Waals surface area contributed by atoms with Crippen LogP contribution < -0.4 is 5.32 Å².